The SMILES string of the molecule is COc1cccc(-c2nnc(NS(=O)(=O)[C@H](C)[C@@H](O)c3cc(C)n(C)n3)n2-c2c(OC)cccc2OC)n1. The largest absolute Gasteiger partial charge is 0.494 e. The molecular formula is C24H29N7O6S. The van der Waals surface area contributed by atoms with Crippen molar-refractivity contribution in [1.82, 2.24) is 29.5 Å². The maximum atomic E-state index is 13.5. The molecule has 0 aliphatic carbocycles. The van der Waals surface area contributed by atoms with Crippen LogP contribution in [0.1, 0.15) is 24.4 Å². The van der Waals surface area contributed by atoms with Gasteiger partial charge in [0.2, 0.25) is 21.9 Å². The van der Waals surface area contributed by atoms with Crippen LogP contribution in [0, 0.1) is 6.92 Å². The quantitative estimate of drug-likeness (QED) is 0.304. The first kappa shape index (κ1) is 26.9. The molecule has 0 spiro atoms. The molecular weight excluding hydrogens is 514 g/mol. The first-order chi connectivity index (χ1) is 18.1. The third kappa shape index (κ3) is 4.99. The minimum atomic E-state index is -4.21. The molecule has 0 saturated carbocycles. The van der Waals surface area contributed by atoms with Crippen LogP contribution in [0.4, 0.5) is 5.95 Å². The molecule has 0 radical (unpaired) electrons. The zero-order chi connectivity index (χ0) is 27.6. The highest BCUT2D eigenvalue weighted by molar-refractivity contribution is 7.93. The molecule has 1 aromatic carbocycles. The van der Waals surface area contributed by atoms with Crippen molar-refractivity contribution >= 4 is 16.0 Å². The lowest BCUT2D eigenvalue weighted by atomic mass is 10.2. The van der Waals surface area contributed by atoms with Crippen molar-refractivity contribution in [3.8, 4) is 34.6 Å². The number of pyridine rings is 1. The topological polar surface area (TPSA) is 156 Å². The van der Waals surface area contributed by atoms with E-state index in [0.717, 1.165) is 5.69 Å². The Hall–Kier alpha value is -4.17. The summed E-state index contributed by atoms with van der Waals surface area (Å²) < 4.78 is 48.8. The number of anilines is 1. The lowest BCUT2D eigenvalue weighted by Crippen LogP contribution is -2.32. The maximum Gasteiger partial charge on any atom is 0.243 e. The number of aromatic nitrogens is 6. The number of para-hydroxylation sites is 1. The molecule has 13 nitrogen and oxygen atoms in total. The molecule has 0 unspecified atom stereocenters. The van der Waals surface area contributed by atoms with Gasteiger partial charge in [-0.3, -0.25) is 14.0 Å². The van der Waals surface area contributed by atoms with Crippen molar-refractivity contribution in [2.24, 2.45) is 7.05 Å². The molecule has 4 rings (SSSR count). The van der Waals surface area contributed by atoms with Crippen LogP contribution in [0.2, 0.25) is 0 Å². The highest BCUT2D eigenvalue weighted by atomic mass is 32.2. The third-order valence-electron chi connectivity index (χ3n) is 6.05. The summed E-state index contributed by atoms with van der Waals surface area (Å²) in [6.07, 6.45) is -1.40. The van der Waals surface area contributed by atoms with E-state index in [1.807, 2.05) is 0 Å². The monoisotopic (exact) mass is 543 g/mol. The van der Waals surface area contributed by atoms with E-state index in [0.29, 0.717) is 28.8 Å². The van der Waals surface area contributed by atoms with Crippen molar-refractivity contribution in [3.63, 3.8) is 0 Å². The molecule has 0 aliphatic rings. The number of hydrogen-bond acceptors (Lipinski definition) is 10. The van der Waals surface area contributed by atoms with Gasteiger partial charge in [0.25, 0.3) is 0 Å². The Morgan fingerprint density at radius 2 is 1.66 bits per heavy atom. The Morgan fingerprint density at radius 1 is 1.00 bits per heavy atom. The Balaban J connectivity index is 1.85. The van der Waals surface area contributed by atoms with Crippen molar-refractivity contribution in [1.29, 1.82) is 0 Å². The number of rotatable bonds is 10. The van der Waals surface area contributed by atoms with Crippen LogP contribution in [0.15, 0.2) is 42.5 Å². The highest BCUT2D eigenvalue weighted by Crippen LogP contribution is 2.38. The van der Waals surface area contributed by atoms with Crippen LogP contribution in [0.3, 0.4) is 0 Å². The second-order valence-electron chi connectivity index (χ2n) is 8.39. The Kier molecular flexibility index (Phi) is 7.55. The summed E-state index contributed by atoms with van der Waals surface area (Å²) in [7, 11) is 1.93. The number of methoxy groups -OCH3 is 3. The zero-order valence-electron chi connectivity index (χ0n) is 21.8. The van der Waals surface area contributed by atoms with Gasteiger partial charge in [-0.25, -0.2) is 13.4 Å². The number of benzene rings is 1. The van der Waals surface area contributed by atoms with E-state index < -0.39 is 21.4 Å². The highest BCUT2D eigenvalue weighted by Gasteiger charge is 2.34. The molecule has 3 heterocycles. The normalized spacial score (nSPS) is 13.1. The van der Waals surface area contributed by atoms with Gasteiger partial charge in [0.15, 0.2) is 5.82 Å². The molecule has 0 bridgehead atoms. The fourth-order valence-corrected chi connectivity index (χ4v) is 4.85. The summed E-state index contributed by atoms with van der Waals surface area (Å²) >= 11 is 0. The number of hydrogen-bond donors (Lipinski definition) is 2. The number of sulfonamides is 1. The van der Waals surface area contributed by atoms with Gasteiger partial charge >= 0.3 is 0 Å². The van der Waals surface area contributed by atoms with Crippen LogP contribution < -0.4 is 18.9 Å². The van der Waals surface area contributed by atoms with E-state index >= 15 is 0 Å². The molecule has 2 N–H and O–H groups in total. The van der Waals surface area contributed by atoms with Crippen LogP contribution in [0.5, 0.6) is 17.4 Å². The van der Waals surface area contributed by atoms with Gasteiger partial charge in [0, 0.05) is 18.8 Å². The van der Waals surface area contributed by atoms with Crippen LogP contribution in [0.25, 0.3) is 17.2 Å². The summed E-state index contributed by atoms with van der Waals surface area (Å²) in [4.78, 5) is 4.43. The number of aliphatic hydroxyl groups excluding tert-OH is 1. The minimum Gasteiger partial charge on any atom is -0.494 e. The van der Waals surface area contributed by atoms with E-state index in [4.69, 9.17) is 14.2 Å². The van der Waals surface area contributed by atoms with Crippen molar-refractivity contribution in [3.05, 3.63) is 53.9 Å². The summed E-state index contributed by atoms with van der Waals surface area (Å²) in [5.41, 5.74) is 1.70. The Labute approximate surface area is 220 Å². The first-order valence-electron chi connectivity index (χ1n) is 11.5. The molecule has 0 fully saturated rings. The van der Waals surface area contributed by atoms with Gasteiger partial charge in [-0.1, -0.05) is 12.1 Å². The zero-order valence-corrected chi connectivity index (χ0v) is 22.6. The molecule has 0 amide bonds. The van der Waals surface area contributed by atoms with Gasteiger partial charge in [-0.05, 0) is 38.1 Å². The molecule has 0 aliphatic heterocycles. The number of ether oxygens (including phenoxy) is 3. The van der Waals surface area contributed by atoms with Gasteiger partial charge < -0.3 is 19.3 Å². The predicted octanol–water partition coefficient (Wildman–Crippen LogP) is 2.26. The minimum absolute atomic E-state index is 0.163. The number of aliphatic hydroxyl groups is 1. The number of nitrogens with one attached hydrogen (secondary N) is 1. The van der Waals surface area contributed by atoms with Gasteiger partial charge in [-0.15, -0.1) is 10.2 Å². The summed E-state index contributed by atoms with van der Waals surface area (Å²) in [6, 6.07) is 11.8. The van der Waals surface area contributed by atoms with Crippen molar-refractivity contribution in [2.45, 2.75) is 25.2 Å². The summed E-state index contributed by atoms with van der Waals surface area (Å²) in [5.74, 6) is 1.09. The first-order valence-corrected chi connectivity index (χ1v) is 13.0. The standard InChI is InChI=1S/C24H29N7O6S/c1-14-13-17(28-30(14)3)22(32)15(2)38(33,34)29-24-27-26-23(16-9-7-12-20(25-16)37-6)31(24)21-18(35-4)10-8-11-19(21)36-5/h7-13,15,22,32H,1-6H3,(H,27,29)/t15-,22-/m1/s1. The van der Waals surface area contributed by atoms with Crippen molar-refractivity contribution in [2.75, 3.05) is 26.1 Å². The van der Waals surface area contributed by atoms with Gasteiger partial charge in [0.05, 0.1) is 27.0 Å². The molecule has 2 atom stereocenters. The maximum absolute atomic E-state index is 13.5. The van der Waals surface area contributed by atoms with Crippen LogP contribution in [-0.2, 0) is 17.1 Å². The second-order valence-corrected chi connectivity index (χ2v) is 10.4. The van der Waals surface area contributed by atoms with E-state index in [1.54, 1.807) is 61.1 Å². The Morgan fingerprint density at radius 3 is 2.24 bits per heavy atom. The molecule has 202 valence electrons. The predicted molar refractivity (Wildman–Crippen MR) is 139 cm³/mol. The third-order valence-corrected chi connectivity index (χ3v) is 7.76. The fraction of sp³-hybridized carbons (Fsp3) is 0.333. The number of aryl methyl sites for hydroxylation is 2. The second kappa shape index (κ2) is 10.7. The molecule has 4 aromatic rings. The molecule has 38 heavy (non-hydrogen) atoms. The van der Waals surface area contributed by atoms with E-state index in [-0.39, 0.29) is 17.5 Å². The Bertz CT molecular complexity index is 1510. The van der Waals surface area contributed by atoms with Crippen molar-refractivity contribution < 1.29 is 27.7 Å². The van der Waals surface area contributed by atoms with Gasteiger partial charge in [-0.2, -0.15) is 5.10 Å². The van der Waals surface area contributed by atoms with E-state index in [9.17, 15) is 13.5 Å². The average molecular weight is 544 g/mol. The molecule has 0 saturated heterocycles. The number of nitrogens with zero attached hydrogens (tertiary/aromatic N) is 6. The average Bonchev–Trinajstić information content (AvgIpc) is 3.48. The van der Waals surface area contributed by atoms with E-state index in [2.05, 4.69) is 25.0 Å². The lowest BCUT2D eigenvalue weighted by Gasteiger charge is -2.20. The summed E-state index contributed by atoms with van der Waals surface area (Å²) in [6.45, 7) is 3.18. The lowest BCUT2D eigenvalue weighted by molar-refractivity contribution is 0.170. The van der Waals surface area contributed by atoms with Gasteiger partial charge in [0.1, 0.15) is 34.2 Å². The molecule has 3 aromatic heterocycles. The van der Waals surface area contributed by atoms with E-state index in [1.165, 1.54) is 32.8 Å². The van der Waals surface area contributed by atoms with Crippen LogP contribution >= 0.6 is 0 Å². The molecule has 14 heteroatoms. The smallest absolute Gasteiger partial charge is 0.243 e. The fourth-order valence-electron chi connectivity index (χ4n) is 3.80. The van der Waals surface area contributed by atoms with Crippen LogP contribution in [-0.4, -0.2) is 69.6 Å². The summed E-state index contributed by atoms with van der Waals surface area (Å²) in [5, 5.41) is 22.1.